The molecule has 1 atom stereocenters. The summed E-state index contributed by atoms with van der Waals surface area (Å²) in [7, 11) is 0. The van der Waals surface area contributed by atoms with Gasteiger partial charge in [0.1, 0.15) is 5.52 Å². The van der Waals surface area contributed by atoms with Gasteiger partial charge in [-0.2, -0.15) is 0 Å². The van der Waals surface area contributed by atoms with Crippen molar-refractivity contribution in [2.24, 2.45) is 0 Å². The van der Waals surface area contributed by atoms with Crippen LogP contribution in [-0.4, -0.2) is 32.5 Å². The highest BCUT2D eigenvalue weighted by molar-refractivity contribution is 7.99. The number of nitrogens with zero attached hydrogens (tertiary/aromatic N) is 4. The van der Waals surface area contributed by atoms with Crippen molar-refractivity contribution in [2.45, 2.75) is 35.9 Å². The molecule has 4 aromatic rings. The molecule has 0 aliphatic carbocycles. The van der Waals surface area contributed by atoms with Gasteiger partial charge in [0.05, 0.1) is 17.5 Å². The van der Waals surface area contributed by atoms with Crippen molar-refractivity contribution >= 4 is 34.2 Å². The van der Waals surface area contributed by atoms with Crippen LogP contribution < -0.4 is 0 Å². The van der Waals surface area contributed by atoms with Crippen molar-refractivity contribution in [3.05, 3.63) is 41.8 Å². The topological polar surface area (TPSA) is 66.0 Å². The average molecular weight is 384 g/mol. The van der Waals surface area contributed by atoms with E-state index in [1.807, 2.05) is 35.7 Å². The molecule has 8 heteroatoms. The van der Waals surface area contributed by atoms with Crippen LogP contribution in [0.2, 0.25) is 0 Å². The van der Waals surface area contributed by atoms with Gasteiger partial charge in [0, 0.05) is 18.4 Å². The number of fused-ring (bicyclic) bond motifs is 1. The van der Waals surface area contributed by atoms with Crippen LogP contribution in [0.5, 0.6) is 0 Å². The fourth-order valence-corrected chi connectivity index (χ4v) is 4.58. The van der Waals surface area contributed by atoms with E-state index in [0.717, 1.165) is 53.0 Å². The molecule has 1 fully saturated rings. The van der Waals surface area contributed by atoms with Crippen LogP contribution in [0, 0.1) is 0 Å². The lowest BCUT2D eigenvalue weighted by Crippen LogP contribution is -2.16. The Labute approximate surface area is 158 Å². The molecule has 0 N–H and O–H groups in total. The number of hydrogen-bond acceptors (Lipinski definition) is 7. The number of oxazole rings is 1. The molecule has 0 bridgehead atoms. The third kappa shape index (κ3) is 3.04. The minimum absolute atomic E-state index is 0.202. The highest BCUT2D eigenvalue weighted by Crippen LogP contribution is 2.33. The predicted molar refractivity (Wildman–Crippen MR) is 100 cm³/mol. The fourth-order valence-electron chi connectivity index (χ4n) is 3.08. The van der Waals surface area contributed by atoms with Gasteiger partial charge in [-0.1, -0.05) is 18.2 Å². The third-order valence-electron chi connectivity index (χ3n) is 4.32. The Kier molecular flexibility index (Phi) is 4.24. The van der Waals surface area contributed by atoms with E-state index < -0.39 is 0 Å². The maximum absolute atomic E-state index is 5.84. The van der Waals surface area contributed by atoms with Crippen LogP contribution in [0.25, 0.3) is 21.8 Å². The highest BCUT2D eigenvalue weighted by atomic mass is 32.2. The first-order valence-electron chi connectivity index (χ1n) is 8.49. The number of hydrogen-bond donors (Lipinski definition) is 0. The van der Waals surface area contributed by atoms with E-state index in [9.17, 15) is 0 Å². The molecule has 5 rings (SSSR count). The van der Waals surface area contributed by atoms with Gasteiger partial charge in [0.25, 0.3) is 5.22 Å². The van der Waals surface area contributed by atoms with Crippen molar-refractivity contribution < 1.29 is 9.15 Å². The molecule has 0 radical (unpaired) electrons. The quantitative estimate of drug-likeness (QED) is 0.505. The van der Waals surface area contributed by atoms with E-state index in [1.54, 1.807) is 11.3 Å². The van der Waals surface area contributed by atoms with Crippen molar-refractivity contribution in [3.8, 4) is 10.7 Å². The van der Waals surface area contributed by atoms with Gasteiger partial charge in [0.2, 0.25) is 5.16 Å². The van der Waals surface area contributed by atoms with Gasteiger partial charge in [-0.15, -0.1) is 21.5 Å². The monoisotopic (exact) mass is 384 g/mol. The van der Waals surface area contributed by atoms with E-state index in [2.05, 4.69) is 25.8 Å². The lowest BCUT2D eigenvalue weighted by atomic mass is 10.2. The molecule has 1 aliphatic rings. The molecular weight excluding hydrogens is 368 g/mol. The van der Waals surface area contributed by atoms with Gasteiger partial charge in [-0.3, -0.25) is 4.57 Å². The zero-order valence-corrected chi connectivity index (χ0v) is 15.5. The molecule has 0 unspecified atom stereocenters. The van der Waals surface area contributed by atoms with Gasteiger partial charge in [0.15, 0.2) is 11.4 Å². The Morgan fingerprint density at radius 3 is 2.96 bits per heavy atom. The SMILES string of the molecule is c1csc(-c2nnc(Sc3nc4ccccc4o3)n2C[C@@H]2CCCO2)c1. The largest absolute Gasteiger partial charge is 0.431 e. The summed E-state index contributed by atoms with van der Waals surface area (Å²) in [5.74, 6) is 0.870. The second-order valence-electron chi connectivity index (χ2n) is 6.08. The smallest absolute Gasteiger partial charge is 0.264 e. The summed E-state index contributed by atoms with van der Waals surface area (Å²) in [6, 6.07) is 11.8. The Morgan fingerprint density at radius 2 is 2.15 bits per heavy atom. The number of aromatic nitrogens is 4. The lowest BCUT2D eigenvalue weighted by molar-refractivity contribution is 0.0953. The Hall–Kier alpha value is -2.16. The molecule has 1 aromatic carbocycles. The molecule has 6 nitrogen and oxygen atoms in total. The minimum Gasteiger partial charge on any atom is -0.431 e. The first-order valence-corrected chi connectivity index (χ1v) is 10.2. The lowest BCUT2D eigenvalue weighted by Gasteiger charge is -2.13. The molecule has 0 amide bonds. The number of rotatable bonds is 5. The second kappa shape index (κ2) is 6.86. The maximum atomic E-state index is 5.84. The summed E-state index contributed by atoms with van der Waals surface area (Å²) in [5, 5.41) is 12.2. The minimum atomic E-state index is 0.202. The zero-order chi connectivity index (χ0) is 17.3. The first-order chi connectivity index (χ1) is 12.9. The van der Waals surface area contributed by atoms with Crippen LogP contribution in [0.1, 0.15) is 12.8 Å². The van der Waals surface area contributed by atoms with E-state index in [1.165, 1.54) is 11.8 Å². The zero-order valence-electron chi connectivity index (χ0n) is 13.9. The number of benzene rings is 1. The molecule has 4 heterocycles. The molecule has 0 spiro atoms. The van der Waals surface area contributed by atoms with Gasteiger partial charge >= 0.3 is 0 Å². The van der Waals surface area contributed by atoms with E-state index in [4.69, 9.17) is 9.15 Å². The maximum Gasteiger partial charge on any atom is 0.264 e. The number of ether oxygens (including phenoxy) is 1. The van der Waals surface area contributed by atoms with Crippen LogP contribution in [-0.2, 0) is 11.3 Å². The van der Waals surface area contributed by atoms with Crippen molar-refractivity contribution in [1.29, 1.82) is 0 Å². The normalized spacial score (nSPS) is 17.3. The van der Waals surface area contributed by atoms with Crippen molar-refractivity contribution in [3.63, 3.8) is 0 Å². The fraction of sp³-hybridized carbons (Fsp3) is 0.278. The van der Waals surface area contributed by atoms with Crippen molar-refractivity contribution in [1.82, 2.24) is 19.7 Å². The molecule has 0 saturated carbocycles. The van der Waals surface area contributed by atoms with Crippen LogP contribution in [0.4, 0.5) is 0 Å². The third-order valence-corrected chi connectivity index (χ3v) is 6.02. The van der Waals surface area contributed by atoms with Crippen LogP contribution in [0.3, 0.4) is 0 Å². The van der Waals surface area contributed by atoms with E-state index in [-0.39, 0.29) is 6.10 Å². The van der Waals surface area contributed by atoms with Gasteiger partial charge in [-0.25, -0.2) is 4.98 Å². The molecule has 1 saturated heterocycles. The predicted octanol–water partition coefficient (Wildman–Crippen LogP) is 4.48. The molecule has 26 heavy (non-hydrogen) atoms. The summed E-state index contributed by atoms with van der Waals surface area (Å²) < 4.78 is 13.8. The summed E-state index contributed by atoms with van der Waals surface area (Å²) in [4.78, 5) is 5.64. The van der Waals surface area contributed by atoms with E-state index >= 15 is 0 Å². The number of thiophene rings is 1. The van der Waals surface area contributed by atoms with Gasteiger partial charge in [-0.05, 0) is 36.4 Å². The molecule has 132 valence electrons. The Morgan fingerprint density at radius 1 is 1.19 bits per heavy atom. The van der Waals surface area contributed by atoms with E-state index in [0.29, 0.717) is 5.22 Å². The summed E-state index contributed by atoms with van der Waals surface area (Å²) in [6.07, 6.45) is 2.37. The Bertz CT molecular complexity index is 986. The first kappa shape index (κ1) is 16.0. The Balaban J connectivity index is 1.50. The van der Waals surface area contributed by atoms with Crippen molar-refractivity contribution in [2.75, 3.05) is 6.61 Å². The van der Waals surface area contributed by atoms with Gasteiger partial charge < -0.3 is 9.15 Å². The summed E-state index contributed by atoms with van der Waals surface area (Å²) in [5.41, 5.74) is 1.62. The second-order valence-corrected chi connectivity index (χ2v) is 7.94. The molecular formula is C18H16N4O2S2. The average Bonchev–Trinajstić information content (AvgIpc) is 3.43. The van der Waals surface area contributed by atoms with Crippen LogP contribution in [0.15, 0.2) is 56.6 Å². The standard InChI is InChI=1S/C18H16N4O2S2/c1-2-7-14-13(6-1)19-18(24-14)26-17-21-20-16(15-8-4-10-25-15)22(17)11-12-5-3-9-23-12/h1-2,4,6-8,10,12H,3,5,9,11H2/t12-/m0/s1. The van der Waals surface area contributed by atoms with Crippen LogP contribution >= 0.6 is 23.1 Å². The number of para-hydroxylation sites is 2. The summed E-state index contributed by atoms with van der Waals surface area (Å²) in [6.45, 7) is 1.57. The summed E-state index contributed by atoms with van der Waals surface area (Å²) >= 11 is 3.06. The molecule has 3 aromatic heterocycles. The molecule has 1 aliphatic heterocycles. The highest BCUT2D eigenvalue weighted by Gasteiger charge is 2.23.